The predicted octanol–water partition coefficient (Wildman–Crippen LogP) is 2.15. The topological polar surface area (TPSA) is 46.5 Å². The van der Waals surface area contributed by atoms with Crippen LogP contribution < -0.4 is 0 Å². The highest BCUT2D eigenvalue weighted by Crippen LogP contribution is 2.14. The number of hydrogen-bond acceptors (Lipinski definition) is 2. The van der Waals surface area contributed by atoms with Gasteiger partial charge in [-0.05, 0) is 6.92 Å². The first kappa shape index (κ1) is 10.3. The Balaban J connectivity index is 2.94. The van der Waals surface area contributed by atoms with Crippen LogP contribution in [0.15, 0.2) is 36.4 Å². The van der Waals surface area contributed by atoms with Gasteiger partial charge in [-0.15, -0.1) is 0 Å². The van der Waals surface area contributed by atoms with Crippen LogP contribution >= 0.6 is 0 Å². The van der Waals surface area contributed by atoms with E-state index in [1.807, 2.05) is 37.3 Å². The normalized spacial score (nSPS) is 11.1. The molecule has 0 unspecified atom stereocenters. The molecule has 0 heterocycles. The van der Waals surface area contributed by atoms with Crippen molar-refractivity contribution >= 4 is 11.7 Å². The minimum Gasteiger partial charge on any atom is -0.493 e. The lowest BCUT2D eigenvalue weighted by Crippen LogP contribution is -1.96. The fourth-order valence-corrected chi connectivity index (χ4v) is 1.08. The first-order chi connectivity index (χ1) is 6.74. The molecule has 0 spiro atoms. The van der Waals surface area contributed by atoms with Crippen LogP contribution in [0.5, 0.6) is 0 Å². The zero-order valence-electron chi connectivity index (χ0n) is 7.93. The van der Waals surface area contributed by atoms with Crippen LogP contribution in [0.4, 0.5) is 0 Å². The van der Waals surface area contributed by atoms with E-state index in [1.165, 1.54) is 0 Å². The van der Waals surface area contributed by atoms with Crippen molar-refractivity contribution in [3.05, 3.63) is 42.0 Å². The van der Waals surface area contributed by atoms with Gasteiger partial charge in [-0.1, -0.05) is 30.3 Å². The van der Waals surface area contributed by atoms with Crippen LogP contribution in [0.2, 0.25) is 0 Å². The van der Waals surface area contributed by atoms with Crippen molar-refractivity contribution in [2.24, 2.45) is 0 Å². The predicted molar refractivity (Wildman–Crippen MR) is 53.7 cm³/mol. The highest BCUT2D eigenvalue weighted by Gasteiger charge is 2.03. The molecule has 0 aliphatic heterocycles. The summed E-state index contributed by atoms with van der Waals surface area (Å²) in [6.07, 6.45) is 1.07. The summed E-state index contributed by atoms with van der Waals surface area (Å²) in [6.45, 7) is 2.27. The quantitative estimate of drug-likeness (QED) is 0.587. The fraction of sp³-hybridized carbons (Fsp3) is 0.182. The molecule has 0 radical (unpaired) electrons. The molecule has 0 amide bonds. The van der Waals surface area contributed by atoms with E-state index in [9.17, 15) is 4.79 Å². The Kier molecular flexibility index (Phi) is 3.73. The third kappa shape index (κ3) is 2.94. The van der Waals surface area contributed by atoms with Gasteiger partial charge in [-0.2, -0.15) is 0 Å². The minimum absolute atomic E-state index is 0.389. The Labute approximate surface area is 82.6 Å². The summed E-state index contributed by atoms with van der Waals surface area (Å²) in [5.41, 5.74) is 0.775. The van der Waals surface area contributed by atoms with Crippen molar-refractivity contribution in [1.82, 2.24) is 0 Å². The Hall–Kier alpha value is -1.77. The highest BCUT2D eigenvalue weighted by molar-refractivity contribution is 5.88. The number of ether oxygens (including phenoxy) is 1. The molecule has 0 aliphatic rings. The van der Waals surface area contributed by atoms with E-state index in [1.54, 1.807) is 0 Å². The van der Waals surface area contributed by atoms with Crippen molar-refractivity contribution in [2.75, 3.05) is 6.61 Å². The number of hydrogen-bond donors (Lipinski definition) is 1. The second kappa shape index (κ2) is 5.07. The number of carbonyl (C=O) groups is 1. The van der Waals surface area contributed by atoms with Crippen LogP contribution in [-0.2, 0) is 9.53 Å². The van der Waals surface area contributed by atoms with Gasteiger partial charge in [-0.25, -0.2) is 4.79 Å². The van der Waals surface area contributed by atoms with Gasteiger partial charge in [0.15, 0.2) is 0 Å². The van der Waals surface area contributed by atoms with Crippen LogP contribution in [0.3, 0.4) is 0 Å². The van der Waals surface area contributed by atoms with Crippen LogP contribution in [0, 0.1) is 0 Å². The molecule has 0 saturated heterocycles. The number of rotatable bonds is 4. The maximum atomic E-state index is 10.5. The summed E-state index contributed by atoms with van der Waals surface area (Å²) in [5, 5.41) is 8.62. The number of carboxylic acids is 1. The molecule has 0 aromatic heterocycles. The molecule has 0 saturated carbocycles. The number of benzene rings is 1. The van der Waals surface area contributed by atoms with Crippen molar-refractivity contribution < 1.29 is 14.6 Å². The van der Waals surface area contributed by atoms with E-state index in [2.05, 4.69) is 0 Å². The van der Waals surface area contributed by atoms with E-state index in [-0.39, 0.29) is 0 Å². The molecule has 3 heteroatoms. The van der Waals surface area contributed by atoms with Gasteiger partial charge in [0.05, 0.1) is 12.7 Å². The molecule has 74 valence electrons. The van der Waals surface area contributed by atoms with Gasteiger partial charge in [0.25, 0.3) is 0 Å². The van der Waals surface area contributed by atoms with Gasteiger partial charge >= 0.3 is 5.97 Å². The van der Waals surface area contributed by atoms with E-state index in [0.717, 1.165) is 11.6 Å². The van der Waals surface area contributed by atoms with Gasteiger partial charge in [0.2, 0.25) is 0 Å². The molecule has 0 aliphatic carbocycles. The molecule has 0 atom stereocenters. The van der Waals surface area contributed by atoms with E-state index >= 15 is 0 Å². The largest absolute Gasteiger partial charge is 0.493 e. The first-order valence-corrected chi connectivity index (χ1v) is 4.37. The molecule has 0 fully saturated rings. The molecule has 0 bridgehead atoms. The van der Waals surface area contributed by atoms with Gasteiger partial charge < -0.3 is 9.84 Å². The minimum atomic E-state index is -1.00. The molecule has 1 aromatic rings. The summed E-state index contributed by atoms with van der Waals surface area (Å²) >= 11 is 0. The number of carboxylic acid groups (broad SMARTS) is 1. The monoisotopic (exact) mass is 192 g/mol. The van der Waals surface area contributed by atoms with Gasteiger partial charge in [0, 0.05) is 5.56 Å². The summed E-state index contributed by atoms with van der Waals surface area (Å²) in [7, 11) is 0. The van der Waals surface area contributed by atoms with Crippen molar-refractivity contribution in [3.8, 4) is 0 Å². The lowest BCUT2D eigenvalue weighted by molar-refractivity contribution is -0.131. The second-order valence-electron chi connectivity index (χ2n) is 2.65. The summed E-state index contributed by atoms with van der Waals surface area (Å²) in [6, 6.07) is 9.16. The second-order valence-corrected chi connectivity index (χ2v) is 2.65. The van der Waals surface area contributed by atoms with Crippen LogP contribution in [-0.4, -0.2) is 17.7 Å². The van der Waals surface area contributed by atoms with Gasteiger partial charge in [0.1, 0.15) is 5.76 Å². The molecular formula is C11H12O3. The molecular weight excluding hydrogens is 180 g/mol. The fourth-order valence-electron chi connectivity index (χ4n) is 1.08. The maximum absolute atomic E-state index is 10.5. The Bertz CT molecular complexity index is 328. The smallest absolute Gasteiger partial charge is 0.332 e. The zero-order valence-corrected chi connectivity index (χ0v) is 7.93. The molecule has 3 nitrogen and oxygen atoms in total. The van der Waals surface area contributed by atoms with Crippen LogP contribution in [0.25, 0.3) is 5.76 Å². The average molecular weight is 192 g/mol. The average Bonchev–Trinajstić information content (AvgIpc) is 2.18. The Morgan fingerprint density at radius 1 is 1.43 bits per heavy atom. The standard InChI is InChI=1S/C11H12O3/c1-2-14-10(8-11(12)13)9-6-4-3-5-7-9/h3-8H,2H2,1H3,(H,12,13)/b10-8-. The highest BCUT2D eigenvalue weighted by atomic mass is 16.5. The molecule has 1 rings (SSSR count). The lowest BCUT2D eigenvalue weighted by atomic mass is 10.2. The molecule has 14 heavy (non-hydrogen) atoms. The van der Waals surface area contributed by atoms with Crippen LogP contribution in [0.1, 0.15) is 12.5 Å². The summed E-state index contributed by atoms with van der Waals surface area (Å²) in [4.78, 5) is 10.5. The maximum Gasteiger partial charge on any atom is 0.332 e. The van der Waals surface area contributed by atoms with Gasteiger partial charge in [-0.3, -0.25) is 0 Å². The van der Waals surface area contributed by atoms with Crippen molar-refractivity contribution in [3.63, 3.8) is 0 Å². The van der Waals surface area contributed by atoms with E-state index in [4.69, 9.17) is 9.84 Å². The third-order valence-electron chi connectivity index (χ3n) is 1.61. The third-order valence-corrected chi connectivity index (χ3v) is 1.61. The summed E-state index contributed by atoms with van der Waals surface area (Å²) < 4.78 is 5.22. The van der Waals surface area contributed by atoms with E-state index < -0.39 is 5.97 Å². The zero-order chi connectivity index (χ0) is 10.4. The molecule has 1 aromatic carbocycles. The SMILES string of the molecule is CCO/C(=C\C(=O)O)c1ccccc1. The Morgan fingerprint density at radius 2 is 2.07 bits per heavy atom. The van der Waals surface area contributed by atoms with E-state index in [0.29, 0.717) is 12.4 Å². The van der Waals surface area contributed by atoms with Crippen molar-refractivity contribution in [2.45, 2.75) is 6.92 Å². The lowest BCUT2D eigenvalue weighted by Gasteiger charge is -2.07. The summed E-state index contributed by atoms with van der Waals surface area (Å²) in [5.74, 6) is -0.613. The van der Waals surface area contributed by atoms with Crippen molar-refractivity contribution in [1.29, 1.82) is 0 Å². The number of aliphatic carboxylic acids is 1. The molecule has 1 N–H and O–H groups in total. The Morgan fingerprint density at radius 3 is 2.57 bits per heavy atom. The first-order valence-electron chi connectivity index (χ1n) is 4.37.